The summed E-state index contributed by atoms with van der Waals surface area (Å²) in [6.45, 7) is 4.80. The molecule has 35 heavy (non-hydrogen) atoms. The Bertz CT molecular complexity index is 1210. The van der Waals surface area contributed by atoms with Gasteiger partial charge in [0.15, 0.2) is 0 Å². The minimum absolute atomic E-state index is 0.0774. The fourth-order valence-corrected chi connectivity index (χ4v) is 4.48. The highest BCUT2D eigenvalue weighted by Crippen LogP contribution is 2.26. The van der Waals surface area contributed by atoms with E-state index in [9.17, 15) is 14.4 Å². The van der Waals surface area contributed by atoms with Crippen LogP contribution >= 0.6 is 0 Å². The molecule has 1 saturated heterocycles. The molecule has 0 saturated carbocycles. The number of likely N-dealkylation sites (tertiary alicyclic amines) is 1. The topological polar surface area (TPSA) is 98.5 Å². The van der Waals surface area contributed by atoms with E-state index in [-0.39, 0.29) is 24.1 Å². The molecule has 0 unspecified atom stereocenters. The molecule has 0 spiro atoms. The molecule has 0 atom stereocenters. The van der Waals surface area contributed by atoms with Gasteiger partial charge in [-0.15, -0.1) is 0 Å². The normalized spacial score (nSPS) is 14.6. The molecule has 1 aromatic heterocycles. The number of benzene rings is 2. The Morgan fingerprint density at radius 1 is 1.06 bits per heavy atom. The Morgan fingerprint density at radius 3 is 2.37 bits per heavy atom. The van der Waals surface area contributed by atoms with Crippen molar-refractivity contribution in [2.45, 2.75) is 38.8 Å². The van der Waals surface area contributed by atoms with Gasteiger partial charge < -0.3 is 10.1 Å². The molecule has 4 rings (SSSR count). The van der Waals surface area contributed by atoms with Gasteiger partial charge in [-0.2, -0.15) is 5.10 Å². The summed E-state index contributed by atoms with van der Waals surface area (Å²) >= 11 is 0. The zero-order valence-electron chi connectivity index (χ0n) is 20.1. The van der Waals surface area contributed by atoms with Crippen molar-refractivity contribution in [2.75, 3.05) is 32.1 Å². The van der Waals surface area contributed by atoms with Gasteiger partial charge in [0.05, 0.1) is 25.8 Å². The lowest BCUT2D eigenvalue weighted by Gasteiger charge is -2.30. The monoisotopic (exact) mass is 477 g/mol. The number of ether oxygens (including phenoxy) is 1. The zero-order chi connectivity index (χ0) is 24.8. The van der Waals surface area contributed by atoms with E-state index in [0.717, 1.165) is 37.3 Å². The van der Waals surface area contributed by atoms with Crippen molar-refractivity contribution in [2.24, 2.45) is 0 Å². The van der Waals surface area contributed by atoms with Crippen LogP contribution in [-0.2, 0) is 22.6 Å². The van der Waals surface area contributed by atoms with Gasteiger partial charge in [0.2, 0.25) is 5.91 Å². The van der Waals surface area contributed by atoms with Crippen LogP contribution in [0.15, 0.2) is 59.4 Å². The summed E-state index contributed by atoms with van der Waals surface area (Å²) in [6.07, 6.45) is 1.67. The lowest BCUT2D eigenvalue weighted by atomic mass is 9.96. The SMILES string of the molecule is CCn1c(C2CCN(CC(=O)Nc3ccc(C(=O)OC)cc3)CC2)nn(Cc2ccccc2)c1=O. The molecule has 9 nitrogen and oxygen atoms in total. The number of piperidine rings is 1. The fraction of sp³-hybridized carbons (Fsp3) is 0.385. The first-order chi connectivity index (χ1) is 17.0. The maximum absolute atomic E-state index is 12.9. The molecule has 1 amide bonds. The van der Waals surface area contributed by atoms with Crippen molar-refractivity contribution in [1.29, 1.82) is 0 Å². The average Bonchev–Trinajstić information content (AvgIpc) is 3.19. The van der Waals surface area contributed by atoms with E-state index in [1.54, 1.807) is 33.5 Å². The first kappa shape index (κ1) is 24.4. The minimum atomic E-state index is -0.413. The number of carbonyl (C=O) groups is 2. The summed E-state index contributed by atoms with van der Waals surface area (Å²) in [6, 6.07) is 16.5. The summed E-state index contributed by atoms with van der Waals surface area (Å²) < 4.78 is 8.02. The summed E-state index contributed by atoms with van der Waals surface area (Å²) in [7, 11) is 1.33. The number of rotatable bonds is 8. The summed E-state index contributed by atoms with van der Waals surface area (Å²) in [4.78, 5) is 39.1. The second-order valence-electron chi connectivity index (χ2n) is 8.70. The van der Waals surface area contributed by atoms with Gasteiger partial charge in [0, 0.05) is 18.2 Å². The first-order valence-corrected chi connectivity index (χ1v) is 11.9. The second kappa shape index (κ2) is 11.1. The lowest BCUT2D eigenvalue weighted by molar-refractivity contribution is -0.117. The maximum atomic E-state index is 12.9. The number of hydrogen-bond acceptors (Lipinski definition) is 6. The van der Waals surface area contributed by atoms with Crippen molar-refractivity contribution in [3.63, 3.8) is 0 Å². The van der Waals surface area contributed by atoms with Gasteiger partial charge in [-0.1, -0.05) is 30.3 Å². The van der Waals surface area contributed by atoms with Crippen LogP contribution in [0.2, 0.25) is 0 Å². The highest BCUT2D eigenvalue weighted by molar-refractivity contribution is 5.94. The number of anilines is 1. The number of nitrogens with one attached hydrogen (secondary N) is 1. The Hall–Kier alpha value is -3.72. The number of carbonyl (C=O) groups excluding carboxylic acids is 2. The summed E-state index contributed by atoms with van der Waals surface area (Å²) in [5.74, 6) is 0.504. The zero-order valence-corrected chi connectivity index (χ0v) is 20.1. The predicted molar refractivity (Wildman–Crippen MR) is 133 cm³/mol. The van der Waals surface area contributed by atoms with Crippen molar-refractivity contribution in [3.8, 4) is 0 Å². The number of methoxy groups -OCH3 is 1. The lowest BCUT2D eigenvalue weighted by Crippen LogP contribution is -2.39. The molecule has 1 aliphatic heterocycles. The number of hydrogen-bond donors (Lipinski definition) is 1. The smallest absolute Gasteiger partial charge is 0.346 e. The van der Waals surface area contributed by atoms with Gasteiger partial charge >= 0.3 is 11.7 Å². The molecule has 0 radical (unpaired) electrons. The Morgan fingerprint density at radius 2 is 1.74 bits per heavy atom. The van der Waals surface area contributed by atoms with Gasteiger partial charge in [0.25, 0.3) is 0 Å². The van der Waals surface area contributed by atoms with E-state index in [2.05, 4.69) is 15.0 Å². The van der Waals surface area contributed by atoms with Gasteiger partial charge in [-0.25, -0.2) is 14.3 Å². The third-order valence-corrected chi connectivity index (χ3v) is 6.35. The van der Waals surface area contributed by atoms with Crippen LogP contribution < -0.4 is 11.0 Å². The maximum Gasteiger partial charge on any atom is 0.346 e. The fourth-order valence-electron chi connectivity index (χ4n) is 4.48. The van der Waals surface area contributed by atoms with E-state index < -0.39 is 5.97 Å². The predicted octanol–water partition coefficient (Wildman–Crippen LogP) is 2.72. The van der Waals surface area contributed by atoms with Crippen LogP contribution in [0.5, 0.6) is 0 Å². The largest absolute Gasteiger partial charge is 0.465 e. The first-order valence-electron chi connectivity index (χ1n) is 11.9. The van der Waals surface area contributed by atoms with Gasteiger partial charge in [-0.05, 0) is 62.7 Å². The molecule has 2 aromatic carbocycles. The molecule has 2 heterocycles. The van der Waals surface area contributed by atoms with Crippen molar-refractivity contribution in [1.82, 2.24) is 19.2 Å². The second-order valence-corrected chi connectivity index (χ2v) is 8.70. The quantitative estimate of drug-likeness (QED) is 0.501. The molecular weight excluding hydrogens is 446 g/mol. The van der Waals surface area contributed by atoms with E-state index >= 15 is 0 Å². The van der Waals surface area contributed by atoms with Crippen LogP contribution in [-0.4, -0.2) is 57.9 Å². The van der Waals surface area contributed by atoms with Gasteiger partial charge in [-0.3, -0.25) is 14.3 Å². The third-order valence-electron chi connectivity index (χ3n) is 6.35. The van der Waals surface area contributed by atoms with Crippen LogP contribution in [0.3, 0.4) is 0 Å². The Labute approximate surface area is 204 Å². The molecule has 184 valence electrons. The Balaban J connectivity index is 1.33. The number of amides is 1. The minimum Gasteiger partial charge on any atom is -0.465 e. The molecule has 0 bridgehead atoms. The van der Waals surface area contributed by atoms with Crippen LogP contribution in [0, 0.1) is 0 Å². The average molecular weight is 478 g/mol. The molecular formula is C26H31N5O4. The highest BCUT2D eigenvalue weighted by atomic mass is 16.5. The van der Waals surface area contributed by atoms with Crippen molar-refractivity contribution < 1.29 is 14.3 Å². The van der Waals surface area contributed by atoms with Crippen molar-refractivity contribution >= 4 is 17.6 Å². The van der Waals surface area contributed by atoms with Crippen LogP contribution in [0.4, 0.5) is 5.69 Å². The summed E-state index contributed by atoms with van der Waals surface area (Å²) in [5, 5.41) is 7.58. The van der Waals surface area contributed by atoms with E-state index in [4.69, 9.17) is 5.10 Å². The number of esters is 1. The summed E-state index contributed by atoms with van der Waals surface area (Å²) in [5.41, 5.74) is 2.03. The molecule has 1 N–H and O–H groups in total. The third kappa shape index (κ3) is 5.86. The molecule has 1 aliphatic rings. The van der Waals surface area contributed by atoms with Crippen LogP contribution in [0.25, 0.3) is 0 Å². The number of aromatic nitrogens is 3. The number of nitrogens with zero attached hydrogens (tertiary/aromatic N) is 4. The molecule has 9 heteroatoms. The molecule has 0 aliphatic carbocycles. The van der Waals surface area contributed by atoms with E-state index in [1.165, 1.54) is 7.11 Å². The molecule has 1 fully saturated rings. The highest BCUT2D eigenvalue weighted by Gasteiger charge is 2.27. The van der Waals surface area contributed by atoms with Crippen molar-refractivity contribution in [3.05, 3.63) is 82.0 Å². The molecule has 3 aromatic rings. The van der Waals surface area contributed by atoms with Crippen LogP contribution in [0.1, 0.15) is 47.4 Å². The standard InChI is InChI=1S/C26H31N5O4/c1-3-30-24(28-31(26(30)34)17-19-7-5-4-6-8-19)20-13-15-29(16-14-20)18-23(32)27-22-11-9-21(10-12-22)25(33)35-2/h4-12,20H,3,13-18H2,1-2H3,(H,27,32). The van der Waals surface area contributed by atoms with Gasteiger partial charge in [0.1, 0.15) is 5.82 Å². The van der Waals surface area contributed by atoms with E-state index in [0.29, 0.717) is 24.3 Å². The van der Waals surface area contributed by atoms with E-state index in [1.807, 2.05) is 37.3 Å². The Kier molecular flexibility index (Phi) is 7.77.